The number of nitrogens with one attached hydrogen (secondary N) is 1. The van der Waals surface area contributed by atoms with Crippen molar-refractivity contribution >= 4 is 39.1 Å². The number of unbranched alkanes of at least 4 members (excludes halogenated alkanes) is 1. The Bertz CT molecular complexity index is 1140. The molecule has 8 nitrogen and oxygen atoms in total. The van der Waals surface area contributed by atoms with Crippen LogP contribution in [-0.2, 0) is 26.2 Å². The normalized spacial score (nSPS) is 12.1. The van der Waals surface area contributed by atoms with Gasteiger partial charge in [-0.3, -0.25) is 13.9 Å². The molecule has 0 aliphatic rings. The minimum atomic E-state index is -3.95. The number of ether oxygens (including phenoxy) is 1. The highest BCUT2D eigenvalue weighted by molar-refractivity contribution is 7.92. The molecule has 1 unspecified atom stereocenters. The second kappa shape index (κ2) is 13.5. The standard InChI is InChI=1S/C25H33ClFN3O5S/c1-5-7-14-28-25(32)21(6-2)29(16-18-8-11-20(27)12-9-18)24(31)17-30(36(4,33)34)22-15-19(26)10-13-23(22)35-3/h8-13,15,21H,5-7,14,16-17H2,1-4H3,(H,28,32). The molecule has 36 heavy (non-hydrogen) atoms. The van der Waals surface area contributed by atoms with Gasteiger partial charge in [0.2, 0.25) is 21.8 Å². The zero-order valence-electron chi connectivity index (χ0n) is 21.0. The number of carbonyl (C=O) groups excluding carboxylic acids is 2. The summed E-state index contributed by atoms with van der Waals surface area (Å²) in [6.45, 7) is 3.62. The summed E-state index contributed by atoms with van der Waals surface area (Å²) in [6, 6.07) is 9.15. The van der Waals surface area contributed by atoms with Crippen molar-refractivity contribution in [3.8, 4) is 5.75 Å². The van der Waals surface area contributed by atoms with Crippen LogP contribution in [0.5, 0.6) is 5.75 Å². The molecule has 0 aliphatic heterocycles. The lowest BCUT2D eigenvalue weighted by Gasteiger charge is -2.33. The summed E-state index contributed by atoms with van der Waals surface area (Å²) in [5, 5.41) is 3.10. The summed E-state index contributed by atoms with van der Waals surface area (Å²) >= 11 is 6.11. The lowest BCUT2D eigenvalue weighted by molar-refractivity contribution is -0.140. The molecule has 0 aliphatic carbocycles. The fraction of sp³-hybridized carbons (Fsp3) is 0.440. The van der Waals surface area contributed by atoms with Gasteiger partial charge in [-0.15, -0.1) is 0 Å². The molecule has 0 aromatic heterocycles. The van der Waals surface area contributed by atoms with Crippen LogP contribution in [-0.4, -0.2) is 57.6 Å². The number of sulfonamides is 1. The molecule has 0 radical (unpaired) electrons. The maximum Gasteiger partial charge on any atom is 0.244 e. The van der Waals surface area contributed by atoms with Gasteiger partial charge in [-0.05, 0) is 48.7 Å². The molecule has 0 spiro atoms. The van der Waals surface area contributed by atoms with Crippen LogP contribution in [0.25, 0.3) is 0 Å². The minimum Gasteiger partial charge on any atom is -0.495 e. The first kappa shape index (κ1) is 29.4. The number of hydrogen-bond acceptors (Lipinski definition) is 5. The summed E-state index contributed by atoms with van der Waals surface area (Å²) in [5.41, 5.74) is 0.693. The van der Waals surface area contributed by atoms with Crippen molar-refractivity contribution in [1.29, 1.82) is 0 Å². The lowest BCUT2D eigenvalue weighted by Crippen LogP contribution is -2.52. The first-order chi connectivity index (χ1) is 17.0. The van der Waals surface area contributed by atoms with Gasteiger partial charge >= 0.3 is 0 Å². The van der Waals surface area contributed by atoms with Crippen LogP contribution < -0.4 is 14.4 Å². The number of benzene rings is 2. The van der Waals surface area contributed by atoms with E-state index in [9.17, 15) is 22.4 Å². The monoisotopic (exact) mass is 541 g/mol. The van der Waals surface area contributed by atoms with Crippen molar-refractivity contribution < 1.29 is 27.1 Å². The van der Waals surface area contributed by atoms with Crippen LogP contribution in [0.2, 0.25) is 5.02 Å². The Morgan fingerprint density at radius 3 is 2.36 bits per heavy atom. The van der Waals surface area contributed by atoms with Crippen LogP contribution in [0.3, 0.4) is 0 Å². The van der Waals surface area contributed by atoms with Gasteiger partial charge in [0.25, 0.3) is 0 Å². The van der Waals surface area contributed by atoms with E-state index < -0.39 is 34.3 Å². The molecule has 2 aromatic carbocycles. The summed E-state index contributed by atoms with van der Waals surface area (Å²) in [6.07, 6.45) is 2.94. The fourth-order valence-electron chi connectivity index (χ4n) is 3.66. The van der Waals surface area contributed by atoms with Gasteiger partial charge < -0.3 is 15.0 Å². The number of rotatable bonds is 13. The third-order valence-corrected chi connectivity index (χ3v) is 6.93. The molecule has 0 fully saturated rings. The van der Waals surface area contributed by atoms with Gasteiger partial charge in [0.05, 0.1) is 19.1 Å². The van der Waals surface area contributed by atoms with Crippen LogP contribution in [0.1, 0.15) is 38.7 Å². The van der Waals surface area contributed by atoms with Crippen LogP contribution in [0.4, 0.5) is 10.1 Å². The van der Waals surface area contributed by atoms with E-state index in [-0.39, 0.29) is 28.9 Å². The number of hydrogen-bond donors (Lipinski definition) is 1. The quantitative estimate of drug-likeness (QED) is 0.387. The first-order valence-electron chi connectivity index (χ1n) is 11.6. The second-order valence-electron chi connectivity index (χ2n) is 8.30. The highest BCUT2D eigenvalue weighted by Crippen LogP contribution is 2.33. The Morgan fingerprint density at radius 2 is 1.81 bits per heavy atom. The minimum absolute atomic E-state index is 0.0108. The molecule has 1 atom stereocenters. The predicted molar refractivity (Wildman–Crippen MR) is 139 cm³/mol. The molecule has 0 saturated heterocycles. The number of methoxy groups -OCH3 is 1. The van der Waals surface area contributed by atoms with E-state index in [2.05, 4.69) is 5.32 Å². The van der Waals surface area contributed by atoms with E-state index in [1.54, 1.807) is 13.0 Å². The average molecular weight is 542 g/mol. The van der Waals surface area contributed by atoms with Crippen molar-refractivity contribution in [2.75, 3.05) is 30.8 Å². The Hall–Kier alpha value is -2.85. The van der Waals surface area contributed by atoms with Gasteiger partial charge in [0.15, 0.2) is 0 Å². The van der Waals surface area contributed by atoms with Crippen molar-refractivity contribution in [1.82, 2.24) is 10.2 Å². The maximum absolute atomic E-state index is 13.7. The number of amides is 2. The Balaban J connectivity index is 2.46. The molecule has 0 bridgehead atoms. The highest BCUT2D eigenvalue weighted by Gasteiger charge is 2.32. The fourth-order valence-corrected chi connectivity index (χ4v) is 4.68. The summed E-state index contributed by atoms with van der Waals surface area (Å²) in [5.74, 6) is -1.17. The summed E-state index contributed by atoms with van der Waals surface area (Å²) in [7, 11) is -2.57. The molecular weight excluding hydrogens is 509 g/mol. The van der Waals surface area contributed by atoms with Crippen LogP contribution in [0.15, 0.2) is 42.5 Å². The molecule has 0 heterocycles. The molecule has 198 valence electrons. The first-order valence-corrected chi connectivity index (χ1v) is 13.9. The van der Waals surface area contributed by atoms with Gasteiger partial charge in [0.1, 0.15) is 24.2 Å². The SMILES string of the molecule is CCCCNC(=O)C(CC)N(Cc1ccc(F)cc1)C(=O)CN(c1cc(Cl)ccc1OC)S(C)(=O)=O. The van der Waals surface area contributed by atoms with E-state index >= 15 is 0 Å². The number of carbonyl (C=O) groups is 2. The van der Waals surface area contributed by atoms with E-state index in [0.717, 1.165) is 23.4 Å². The largest absolute Gasteiger partial charge is 0.495 e. The zero-order valence-corrected chi connectivity index (χ0v) is 22.5. The summed E-state index contributed by atoms with van der Waals surface area (Å²) < 4.78 is 45.2. The Kier molecular flexibility index (Phi) is 11.0. The van der Waals surface area contributed by atoms with Crippen LogP contribution >= 0.6 is 11.6 Å². The van der Waals surface area contributed by atoms with Crippen molar-refractivity contribution in [3.63, 3.8) is 0 Å². The molecule has 1 N–H and O–H groups in total. The smallest absolute Gasteiger partial charge is 0.244 e. The third-order valence-electron chi connectivity index (χ3n) is 5.57. The number of nitrogens with zero attached hydrogens (tertiary/aromatic N) is 2. The predicted octanol–water partition coefficient (Wildman–Crippen LogP) is 3.98. The molecular formula is C25H33ClFN3O5S. The molecule has 0 saturated carbocycles. The number of halogens is 2. The third kappa shape index (κ3) is 8.09. The molecule has 2 rings (SSSR count). The van der Waals surface area contributed by atoms with E-state index in [4.69, 9.17) is 16.3 Å². The lowest BCUT2D eigenvalue weighted by atomic mass is 10.1. The molecule has 11 heteroatoms. The number of anilines is 1. The van der Waals surface area contributed by atoms with Crippen LogP contribution in [0, 0.1) is 5.82 Å². The van der Waals surface area contributed by atoms with E-state index in [1.807, 2.05) is 6.92 Å². The average Bonchev–Trinajstić information content (AvgIpc) is 2.83. The Morgan fingerprint density at radius 1 is 1.14 bits per heavy atom. The van der Waals surface area contributed by atoms with Gasteiger partial charge in [-0.1, -0.05) is 44.0 Å². The van der Waals surface area contributed by atoms with E-state index in [1.165, 1.54) is 48.4 Å². The van der Waals surface area contributed by atoms with Gasteiger partial charge in [-0.25, -0.2) is 12.8 Å². The highest BCUT2D eigenvalue weighted by atomic mass is 35.5. The molecule has 2 aromatic rings. The van der Waals surface area contributed by atoms with Gasteiger partial charge in [0, 0.05) is 18.1 Å². The second-order valence-corrected chi connectivity index (χ2v) is 10.6. The van der Waals surface area contributed by atoms with Crippen molar-refractivity contribution in [2.24, 2.45) is 0 Å². The maximum atomic E-state index is 13.7. The Labute approximate surface area is 217 Å². The van der Waals surface area contributed by atoms with Crippen molar-refractivity contribution in [2.45, 2.75) is 45.7 Å². The van der Waals surface area contributed by atoms with Gasteiger partial charge in [-0.2, -0.15) is 0 Å². The van der Waals surface area contributed by atoms with E-state index in [0.29, 0.717) is 18.5 Å². The summed E-state index contributed by atoms with van der Waals surface area (Å²) in [4.78, 5) is 28.0. The topological polar surface area (TPSA) is 96.0 Å². The zero-order chi connectivity index (χ0) is 26.9. The van der Waals surface area contributed by atoms with Crippen molar-refractivity contribution in [3.05, 3.63) is 58.9 Å². The molecule has 2 amide bonds.